The Labute approximate surface area is 210 Å². The normalized spacial score (nSPS) is 36.6. The van der Waals surface area contributed by atoms with Crippen LogP contribution in [0.1, 0.15) is 78.2 Å². The van der Waals surface area contributed by atoms with Gasteiger partial charge in [0.25, 0.3) is 0 Å². The molecule has 0 radical (unpaired) electrons. The van der Waals surface area contributed by atoms with Gasteiger partial charge in [-0.15, -0.1) is 0 Å². The van der Waals surface area contributed by atoms with E-state index in [1.54, 1.807) is 7.11 Å². The number of hydrogen-bond donors (Lipinski definition) is 1. The molecule has 4 aliphatic rings. The third kappa shape index (κ3) is 3.81. The molecule has 1 heterocycles. The maximum atomic E-state index is 13.7. The smallest absolute Gasteiger partial charge is 0.239 e. The monoisotopic (exact) mass is 478 g/mol. The van der Waals surface area contributed by atoms with Crippen LogP contribution in [0.15, 0.2) is 36.0 Å². The van der Waals surface area contributed by atoms with Crippen molar-refractivity contribution in [2.75, 3.05) is 14.2 Å². The van der Waals surface area contributed by atoms with Crippen LogP contribution in [0.3, 0.4) is 0 Å². The van der Waals surface area contributed by atoms with E-state index in [1.807, 2.05) is 50.1 Å². The standard InChI is InChI=1S/C30H42N2O3/c1-28(2,19-9-11-20(35-6)12-10-19)31-26(33)22-18-30(4)24-15-17-29(3)16-7-8-23(29)21(24)13-14-25(30)32(5)27(22)34/h9-12,14,21-24H,7-8,13,15-18H2,1-6H3,(H,31,33)/t21-,22?,23-,24+,29-,30+/m0/s1. The summed E-state index contributed by atoms with van der Waals surface area (Å²) in [6.45, 7) is 8.84. The Morgan fingerprint density at radius 1 is 1.11 bits per heavy atom. The van der Waals surface area contributed by atoms with Crippen LogP contribution in [0.4, 0.5) is 0 Å². The van der Waals surface area contributed by atoms with Gasteiger partial charge in [-0.1, -0.05) is 38.5 Å². The lowest BCUT2D eigenvalue weighted by Gasteiger charge is -2.58. The summed E-state index contributed by atoms with van der Waals surface area (Å²) in [4.78, 5) is 29.0. The third-order valence-electron chi connectivity index (χ3n) is 10.4. The molecule has 0 bridgehead atoms. The first-order valence-corrected chi connectivity index (χ1v) is 13.4. The molecule has 1 aromatic rings. The van der Waals surface area contributed by atoms with Gasteiger partial charge < -0.3 is 15.0 Å². The minimum Gasteiger partial charge on any atom is -0.497 e. The van der Waals surface area contributed by atoms with E-state index in [4.69, 9.17) is 4.74 Å². The molecule has 3 fully saturated rings. The second-order valence-electron chi connectivity index (χ2n) is 12.7. The predicted octanol–water partition coefficient (Wildman–Crippen LogP) is 5.65. The number of rotatable bonds is 4. The first-order valence-electron chi connectivity index (χ1n) is 13.4. The lowest BCUT2D eigenvalue weighted by molar-refractivity contribution is -0.149. The van der Waals surface area contributed by atoms with Crippen molar-refractivity contribution in [3.63, 3.8) is 0 Å². The van der Waals surface area contributed by atoms with Crippen molar-refractivity contribution in [1.82, 2.24) is 10.2 Å². The third-order valence-corrected chi connectivity index (χ3v) is 10.4. The average molecular weight is 479 g/mol. The van der Waals surface area contributed by atoms with Crippen molar-refractivity contribution in [1.29, 1.82) is 0 Å². The van der Waals surface area contributed by atoms with Crippen molar-refractivity contribution in [3.8, 4) is 5.75 Å². The molecule has 1 unspecified atom stereocenters. The number of carbonyl (C=O) groups is 2. The number of allylic oxidation sites excluding steroid dienone is 2. The first kappa shape index (κ1) is 24.4. The Bertz CT molecular complexity index is 1040. The highest BCUT2D eigenvalue weighted by molar-refractivity contribution is 6.02. The van der Waals surface area contributed by atoms with Gasteiger partial charge in [-0.2, -0.15) is 0 Å². The molecule has 0 aromatic heterocycles. The Morgan fingerprint density at radius 2 is 1.83 bits per heavy atom. The Kier molecular flexibility index (Phi) is 5.84. The van der Waals surface area contributed by atoms with Crippen LogP contribution in [0, 0.1) is 34.5 Å². The van der Waals surface area contributed by atoms with E-state index < -0.39 is 11.5 Å². The number of carbonyl (C=O) groups excluding carboxylic acids is 2. The summed E-state index contributed by atoms with van der Waals surface area (Å²) in [6.07, 6.45) is 10.6. The second-order valence-corrected chi connectivity index (χ2v) is 12.7. The summed E-state index contributed by atoms with van der Waals surface area (Å²) >= 11 is 0. The van der Waals surface area contributed by atoms with Gasteiger partial charge in [0, 0.05) is 18.2 Å². The number of fused-ring (bicyclic) bond motifs is 5. The molecule has 2 saturated carbocycles. The van der Waals surface area contributed by atoms with Crippen LogP contribution in [0.2, 0.25) is 0 Å². The Balaban J connectivity index is 1.40. The van der Waals surface area contributed by atoms with Crippen LogP contribution >= 0.6 is 0 Å². The van der Waals surface area contributed by atoms with Crippen LogP contribution < -0.4 is 10.1 Å². The zero-order valence-electron chi connectivity index (χ0n) is 22.3. The molecule has 35 heavy (non-hydrogen) atoms. The maximum Gasteiger partial charge on any atom is 0.239 e. The maximum absolute atomic E-state index is 13.7. The molecule has 190 valence electrons. The molecule has 1 saturated heterocycles. The van der Waals surface area contributed by atoms with E-state index in [1.165, 1.54) is 32.1 Å². The molecule has 6 atom stereocenters. The predicted molar refractivity (Wildman–Crippen MR) is 138 cm³/mol. The van der Waals surface area contributed by atoms with Gasteiger partial charge in [-0.05, 0) is 93.2 Å². The number of likely N-dealkylation sites (tertiary alicyclic amines) is 1. The molecule has 2 amide bonds. The summed E-state index contributed by atoms with van der Waals surface area (Å²) in [5.41, 5.74) is 1.90. The molecule has 1 N–H and O–H groups in total. The van der Waals surface area contributed by atoms with Gasteiger partial charge >= 0.3 is 0 Å². The molecular weight excluding hydrogens is 436 g/mol. The van der Waals surface area contributed by atoms with E-state index in [9.17, 15) is 9.59 Å². The van der Waals surface area contributed by atoms with Crippen LogP contribution in [-0.4, -0.2) is 30.9 Å². The van der Waals surface area contributed by atoms with E-state index in [-0.39, 0.29) is 17.2 Å². The minimum atomic E-state index is -0.657. The SMILES string of the molecule is COc1ccc(C(C)(C)NC(=O)C2C[C@@]3(C)C(=CC[C@@H]4[C@H]3CC[C@]3(C)CCC[C@@H]43)N(C)C2=O)cc1. The van der Waals surface area contributed by atoms with Crippen molar-refractivity contribution < 1.29 is 14.3 Å². The molecule has 5 nitrogen and oxygen atoms in total. The van der Waals surface area contributed by atoms with Crippen molar-refractivity contribution in [2.45, 2.75) is 78.2 Å². The fourth-order valence-corrected chi connectivity index (χ4v) is 8.39. The van der Waals surface area contributed by atoms with Crippen LogP contribution in [-0.2, 0) is 15.1 Å². The lowest BCUT2D eigenvalue weighted by Crippen LogP contribution is -2.58. The highest BCUT2D eigenvalue weighted by Gasteiger charge is 2.59. The fraction of sp³-hybridized carbons (Fsp3) is 0.667. The van der Waals surface area contributed by atoms with Gasteiger partial charge in [-0.3, -0.25) is 9.59 Å². The van der Waals surface area contributed by atoms with Crippen molar-refractivity contribution in [2.24, 2.45) is 34.5 Å². The van der Waals surface area contributed by atoms with Crippen LogP contribution in [0.25, 0.3) is 0 Å². The highest BCUT2D eigenvalue weighted by atomic mass is 16.5. The second kappa shape index (κ2) is 8.38. The fourth-order valence-electron chi connectivity index (χ4n) is 8.39. The molecule has 1 aliphatic heterocycles. The van der Waals surface area contributed by atoms with Crippen molar-refractivity contribution in [3.05, 3.63) is 41.6 Å². The minimum absolute atomic E-state index is 0.0725. The van der Waals surface area contributed by atoms with Gasteiger partial charge in [0.1, 0.15) is 11.7 Å². The molecular formula is C30H42N2O3. The highest BCUT2D eigenvalue weighted by Crippen LogP contribution is 2.64. The zero-order chi connectivity index (χ0) is 25.2. The number of methoxy groups -OCH3 is 1. The Morgan fingerprint density at radius 3 is 2.51 bits per heavy atom. The van der Waals surface area contributed by atoms with Gasteiger partial charge in [0.2, 0.25) is 11.8 Å². The number of benzene rings is 1. The van der Waals surface area contributed by atoms with Gasteiger partial charge in [0.05, 0.1) is 12.6 Å². The van der Waals surface area contributed by atoms with Gasteiger partial charge in [-0.25, -0.2) is 0 Å². The molecule has 5 heteroatoms. The number of nitrogens with zero attached hydrogens (tertiary/aromatic N) is 1. The number of amides is 2. The zero-order valence-corrected chi connectivity index (χ0v) is 22.3. The number of nitrogens with one attached hydrogen (secondary N) is 1. The van der Waals surface area contributed by atoms with E-state index in [0.29, 0.717) is 23.7 Å². The van der Waals surface area contributed by atoms with E-state index in [2.05, 4.69) is 25.2 Å². The topological polar surface area (TPSA) is 58.6 Å². The van der Waals surface area contributed by atoms with E-state index in [0.717, 1.165) is 29.3 Å². The number of piperidine rings is 1. The van der Waals surface area contributed by atoms with E-state index >= 15 is 0 Å². The molecule has 5 rings (SSSR count). The largest absolute Gasteiger partial charge is 0.497 e. The Hall–Kier alpha value is -2.30. The quantitative estimate of drug-likeness (QED) is 0.569. The lowest BCUT2D eigenvalue weighted by atomic mass is 9.49. The summed E-state index contributed by atoms with van der Waals surface area (Å²) in [5, 5.41) is 3.21. The molecule has 0 spiro atoms. The van der Waals surface area contributed by atoms with Crippen LogP contribution in [0.5, 0.6) is 5.75 Å². The summed E-state index contributed by atoms with van der Waals surface area (Å²) < 4.78 is 5.28. The summed E-state index contributed by atoms with van der Waals surface area (Å²) in [6, 6.07) is 7.76. The summed E-state index contributed by atoms with van der Waals surface area (Å²) in [7, 11) is 3.52. The first-order chi connectivity index (χ1) is 16.5. The van der Waals surface area contributed by atoms with Gasteiger partial charge in [0.15, 0.2) is 0 Å². The summed E-state index contributed by atoms with van der Waals surface area (Å²) in [5.74, 6) is 1.88. The van der Waals surface area contributed by atoms with Crippen molar-refractivity contribution >= 4 is 11.8 Å². The number of ether oxygens (including phenoxy) is 1. The average Bonchev–Trinajstić information content (AvgIpc) is 3.23. The molecule has 1 aromatic carbocycles. The molecule has 3 aliphatic carbocycles. The number of hydrogen-bond acceptors (Lipinski definition) is 3.